The zero-order valence-corrected chi connectivity index (χ0v) is 11.1. The molecule has 0 aliphatic carbocycles. The highest BCUT2D eigenvalue weighted by Crippen LogP contribution is 2.23. The van der Waals surface area contributed by atoms with Crippen LogP contribution in [0.3, 0.4) is 0 Å². The topological polar surface area (TPSA) is 34.9 Å². The maximum absolute atomic E-state index is 10.8. The molecule has 0 radical (unpaired) electrons. The van der Waals surface area contributed by atoms with E-state index >= 15 is 0 Å². The molecule has 2 heterocycles. The zero-order valence-electron chi connectivity index (χ0n) is 10.3. The molecule has 2 aromatic heterocycles. The van der Waals surface area contributed by atoms with Gasteiger partial charge in [-0.2, -0.15) is 0 Å². The largest absolute Gasteiger partial charge is 0.301 e. The number of benzene rings is 1. The van der Waals surface area contributed by atoms with Crippen molar-refractivity contribution < 1.29 is 4.79 Å². The monoisotopic (exact) mass is 270 g/mol. The third-order valence-corrected chi connectivity index (χ3v) is 3.21. The molecule has 0 fully saturated rings. The highest BCUT2D eigenvalue weighted by atomic mass is 35.5. The normalized spacial score (nSPS) is 10.8. The summed E-state index contributed by atoms with van der Waals surface area (Å²) in [5.74, 6) is 0. The summed E-state index contributed by atoms with van der Waals surface area (Å²) in [6.45, 7) is 2.00. The van der Waals surface area contributed by atoms with Crippen LogP contribution in [0, 0.1) is 6.92 Å². The molecule has 94 valence electrons. The van der Waals surface area contributed by atoms with E-state index in [1.807, 2.05) is 48.0 Å². The minimum atomic E-state index is 0.576. The van der Waals surface area contributed by atoms with Gasteiger partial charge in [-0.3, -0.25) is 4.79 Å². The fourth-order valence-electron chi connectivity index (χ4n) is 2.17. The van der Waals surface area contributed by atoms with E-state index in [-0.39, 0.29) is 0 Å². The molecule has 4 heteroatoms. The SMILES string of the molecule is Cc1cc(Cl)cc(-n2ccc3cc(C=O)cnc32)c1. The first-order chi connectivity index (χ1) is 9.17. The molecule has 0 unspecified atom stereocenters. The fraction of sp³-hybridized carbons (Fsp3) is 0.0667. The Hall–Kier alpha value is -2.13. The number of halogens is 1. The number of aromatic nitrogens is 2. The van der Waals surface area contributed by atoms with Gasteiger partial charge in [-0.15, -0.1) is 0 Å². The molecule has 0 saturated heterocycles. The van der Waals surface area contributed by atoms with Crippen LogP contribution in [-0.2, 0) is 0 Å². The Labute approximate surface area is 115 Å². The van der Waals surface area contributed by atoms with E-state index < -0.39 is 0 Å². The number of carbonyl (C=O) groups is 1. The summed E-state index contributed by atoms with van der Waals surface area (Å²) < 4.78 is 1.96. The second kappa shape index (κ2) is 4.52. The highest BCUT2D eigenvalue weighted by molar-refractivity contribution is 6.30. The molecule has 0 saturated carbocycles. The van der Waals surface area contributed by atoms with Crippen molar-refractivity contribution in [3.8, 4) is 5.69 Å². The van der Waals surface area contributed by atoms with E-state index in [0.29, 0.717) is 10.6 Å². The number of aldehydes is 1. The molecule has 0 amide bonds. The number of hydrogen-bond acceptors (Lipinski definition) is 2. The smallest absolute Gasteiger partial charge is 0.151 e. The number of pyridine rings is 1. The molecule has 0 aliphatic rings. The molecule has 19 heavy (non-hydrogen) atoms. The van der Waals surface area contributed by atoms with Crippen molar-refractivity contribution in [1.82, 2.24) is 9.55 Å². The first kappa shape index (κ1) is 11.9. The molecule has 1 aromatic carbocycles. The Morgan fingerprint density at radius 2 is 2.11 bits per heavy atom. The molecule has 0 spiro atoms. The average Bonchev–Trinajstić information content (AvgIpc) is 2.80. The third-order valence-electron chi connectivity index (χ3n) is 2.99. The van der Waals surface area contributed by atoms with Crippen LogP contribution in [0.25, 0.3) is 16.7 Å². The Morgan fingerprint density at radius 3 is 2.84 bits per heavy atom. The van der Waals surface area contributed by atoms with Crippen molar-refractivity contribution in [2.24, 2.45) is 0 Å². The Morgan fingerprint density at radius 1 is 1.26 bits per heavy atom. The van der Waals surface area contributed by atoms with Crippen LogP contribution in [0.15, 0.2) is 42.7 Å². The van der Waals surface area contributed by atoms with Crippen LogP contribution in [0.4, 0.5) is 0 Å². The maximum Gasteiger partial charge on any atom is 0.151 e. The van der Waals surface area contributed by atoms with Gasteiger partial charge in [-0.25, -0.2) is 4.98 Å². The summed E-state index contributed by atoms with van der Waals surface area (Å²) in [5, 5.41) is 1.63. The molecule has 0 bridgehead atoms. The number of fused-ring (bicyclic) bond motifs is 1. The Kier molecular flexibility index (Phi) is 2.84. The predicted molar refractivity (Wildman–Crippen MR) is 76.2 cm³/mol. The van der Waals surface area contributed by atoms with Gasteiger partial charge >= 0.3 is 0 Å². The van der Waals surface area contributed by atoms with Crippen LogP contribution in [0.5, 0.6) is 0 Å². The lowest BCUT2D eigenvalue weighted by atomic mass is 10.2. The van der Waals surface area contributed by atoms with Gasteiger partial charge in [0.15, 0.2) is 6.29 Å². The van der Waals surface area contributed by atoms with Crippen LogP contribution in [0.1, 0.15) is 15.9 Å². The van der Waals surface area contributed by atoms with E-state index in [9.17, 15) is 4.79 Å². The van der Waals surface area contributed by atoms with Gasteiger partial charge in [-0.1, -0.05) is 11.6 Å². The molecular formula is C15H11ClN2O. The van der Waals surface area contributed by atoms with Crippen LogP contribution in [-0.4, -0.2) is 15.8 Å². The number of carbonyl (C=O) groups excluding carboxylic acids is 1. The quantitative estimate of drug-likeness (QED) is 0.664. The van der Waals surface area contributed by atoms with Crippen molar-refractivity contribution in [3.63, 3.8) is 0 Å². The summed E-state index contributed by atoms with van der Waals surface area (Å²) in [7, 11) is 0. The molecule has 3 rings (SSSR count). The molecule has 0 atom stereocenters. The molecule has 3 aromatic rings. The lowest BCUT2D eigenvalue weighted by Crippen LogP contribution is -1.95. The van der Waals surface area contributed by atoms with E-state index in [4.69, 9.17) is 11.6 Å². The van der Waals surface area contributed by atoms with Gasteiger partial charge in [-0.05, 0) is 42.8 Å². The number of rotatable bonds is 2. The second-order valence-corrected chi connectivity index (χ2v) is 4.91. The Balaban J connectivity index is 2.22. The van der Waals surface area contributed by atoms with Gasteiger partial charge in [0.2, 0.25) is 0 Å². The fourth-order valence-corrected chi connectivity index (χ4v) is 2.45. The van der Waals surface area contributed by atoms with Crippen LogP contribution >= 0.6 is 11.6 Å². The standard InChI is InChI=1S/C15H11ClN2O/c1-10-4-13(16)7-14(5-10)18-3-2-12-6-11(9-19)8-17-15(12)18/h2-9H,1H3. The lowest BCUT2D eigenvalue weighted by Gasteiger charge is -2.07. The first-order valence-corrected chi connectivity index (χ1v) is 6.25. The first-order valence-electron chi connectivity index (χ1n) is 5.87. The maximum atomic E-state index is 10.8. The Bertz CT molecular complexity index is 757. The van der Waals surface area contributed by atoms with Crippen LogP contribution in [0.2, 0.25) is 5.02 Å². The number of hydrogen-bond donors (Lipinski definition) is 0. The third kappa shape index (κ3) is 2.13. The van der Waals surface area contributed by atoms with Gasteiger partial charge in [0.25, 0.3) is 0 Å². The van der Waals surface area contributed by atoms with Gasteiger partial charge in [0, 0.05) is 34.1 Å². The summed E-state index contributed by atoms with van der Waals surface area (Å²) in [6, 6.07) is 9.60. The van der Waals surface area contributed by atoms with Crippen molar-refractivity contribution in [2.45, 2.75) is 6.92 Å². The second-order valence-electron chi connectivity index (χ2n) is 4.47. The predicted octanol–water partition coefficient (Wildman–Crippen LogP) is 3.80. The lowest BCUT2D eigenvalue weighted by molar-refractivity contribution is 0.112. The van der Waals surface area contributed by atoms with Crippen molar-refractivity contribution >= 4 is 28.9 Å². The molecular weight excluding hydrogens is 260 g/mol. The van der Waals surface area contributed by atoms with Gasteiger partial charge in [0.1, 0.15) is 5.65 Å². The molecule has 3 nitrogen and oxygen atoms in total. The van der Waals surface area contributed by atoms with E-state index in [1.54, 1.807) is 6.20 Å². The summed E-state index contributed by atoms with van der Waals surface area (Å²) in [5.41, 5.74) is 3.44. The summed E-state index contributed by atoms with van der Waals surface area (Å²) >= 11 is 6.09. The highest BCUT2D eigenvalue weighted by Gasteiger charge is 2.06. The average molecular weight is 271 g/mol. The number of aryl methyl sites for hydroxylation is 1. The van der Waals surface area contributed by atoms with Crippen molar-refractivity contribution in [2.75, 3.05) is 0 Å². The minimum Gasteiger partial charge on any atom is -0.301 e. The summed E-state index contributed by atoms with van der Waals surface area (Å²) in [6.07, 6.45) is 4.30. The van der Waals surface area contributed by atoms with Gasteiger partial charge < -0.3 is 4.57 Å². The summed E-state index contributed by atoms with van der Waals surface area (Å²) in [4.78, 5) is 15.1. The van der Waals surface area contributed by atoms with E-state index in [0.717, 1.165) is 28.6 Å². The van der Waals surface area contributed by atoms with Crippen molar-refractivity contribution in [3.05, 3.63) is 58.9 Å². The number of nitrogens with zero attached hydrogens (tertiary/aromatic N) is 2. The van der Waals surface area contributed by atoms with Gasteiger partial charge in [0.05, 0.1) is 0 Å². The minimum absolute atomic E-state index is 0.576. The molecule has 0 N–H and O–H groups in total. The van der Waals surface area contributed by atoms with E-state index in [1.165, 1.54) is 0 Å². The zero-order chi connectivity index (χ0) is 13.4. The molecule has 0 aliphatic heterocycles. The van der Waals surface area contributed by atoms with E-state index in [2.05, 4.69) is 4.98 Å². The van der Waals surface area contributed by atoms with Crippen LogP contribution < -0.4 is 0 Å². The van der Waals surface area contributed by atoms with Crippen molar-refractivity contribution in [1.29, 1.82) is 0 Å².